The monoisotopic (exact) mass is 417 g/mol. The number of hydrogen-bond acceptors (Lipinski definition) is 2. The molecule has 0 radical (unpaired) electrons. The second kappa shape index (κ2) is 10.3. The van der Waals surface area contributed by atoms with E-state index in [1.807, 2.05) is 0 Å². The summed E-state index contributed by atoms with van der Waals surface area (Å²) < 4.78 is 13.3. The normalized spacial score (nSPS) is 14.3. The van der Waals surface area contributed by atoms with Gasteiger partial charge in [0.15, 0.2) is 0 Å². The minimum absolute atomic E-state index is 0.0407. The van der Waals surface area contributed by atoms with E-state index in [9.17, 15) is 14.0 Å². The summed E-state index contributed by atoms with van der Waals surface area (Å²) in [6.45, 7) is 0.576. The van der Waals surface area contributed by atoms with Gasteiger partial charge in [-0.25, -0.2) is 9.18 Å². The molecular formula is C22H25ClFN3O2. The van der Waals surface area contributed by atoms with E-state index >= 15 is 0 Å². The number of amides is 3. The van der Waals surface area contributed by atoms with Gasteiger partial charge in [0.1, 0.15) is 5.82 Å². The van der Waals surface area contributed by atoms with Crippen molar-refractivity contribution in [3.05, 3.63) is 59.4 Å². The van der Waals surface area contributed by atoms with Gasteiger partial charge in [-0.05, 0) is 55.3 Å². The van der Waals surface area contributed by atoms with Crippen molar-refractivity contribution in [2.45, 2.75) is 32.1 Å². The van der Waals surface area contributed by atoms with Crippen molar-refractivity contribution in [3.63, 3.8) is 0 Å². The first kappa shape index (κ1) is 21.1. The first-order valence-electron chi connectivity index (χ1n) is 9.90. The Balaban J connectivity index is 1.65. The van der Waals surface area contributed by atoms with Gasteiger partial charge in [0.25, 0.3) is 0 Å². The Bertz CT molecular complexity index is 838. The predicted octanol–water partition coefficient (Wildman–Crippen LogP) is 5.21. The zero-order valence-corrected chi connectivity index (χ0v) is 16.9. The Morgan fingerprint density at radius 1 is 1.07 bits per heavy atom. The van der Waals surface area contributed by atoms with Gasteiger partial charge < -0.3 is 10.6 Å². The number of rotatable bonds is 6. The highest BCUT2D eigenvalue weighted by Crippen LogP contribution is 2.23. The third-order valence-corrected chi connectivity index (χ3v) is 5.31. The van der Waals surface area contributed by atoms with Crippen LogP contribution in [-0.2, 0) is 4.79 Å². The molecule has 0 heterocycles. The van der Waals surface area contributed by atoms with Gasteiger partial charge in [0.05, 0.1) is 0 Å². The molecule has 0 atom stereocenters. The highest BCUT2D eigenvalue weighted by molar-refractivity contribution is 6.30. The molecular weight excluding hydrogens is 393 g/mol. The molecule has 0 aromatic heterocycles. The number of nitrogens with one attached hydrogen (secondary N) is 2. The van der Waals surface area contributed by atoms with Crippen molar-refractivity contribution in [2.24, 2.45) is 5.92 Å². The second-order valence-electron chi connectivity index (χ2n) is 7.19. The van der Waals surface area contributed by atoms with Crippen LogP contribution in [-0.4, -0.2) is 25.0 Å². The average Bonchev–Trinajstić information content (AvgIpc) is 2.72. The lowest BCUT2D eigenvalue weighted by molar-refractivity contribution is -0.125. The quantitative estimate of drug-likeness (QED) is 0.677. The standard InChI is InChI=1S/C22H25ClFN3O2/c23-17-7-4-8-19(15-17)26-22(29)27(20-11-9-18(24)10-12-20)14-13-25-21(28)16-5-2-1-3-6-16/h4,7-12,15-16H,1-3,5-6,13-14H2,(H,25,28)(H,26,29). The first-order chi connectivity index (χ1) is 14.0. The molecule has 1 saturated carbocycles. The summed E-state index contributed by atoms with van der Waals surface area (Å²) in [5.41, 5.74) is 1.10. The molecule has 0 bridgehead atoms. The first-order valence-corrected chi connectivity index (χ1v) is 10.3. The maximum absolute atomic E-state index is 13.3. The molecule has 0 spiro atoms. The summed E-state index contributed by atoms with van der Waals surface area (Å²) in [6, 6.07) is 12.1. The number of halogens is 2. The van der Waals surface area contributed by atoms with Gasteiger partial charge in [-0.15, -0.1) is 0 Å². The van der Waals surface area contributed by atoms with Gasteiger partial charge >= 0.3 is 6.03 Å². The van der Waals surface area contributed by atoms with Crippen molar-refractivity contribution in [2.75, 3.05) is 23.3 Å². The Kier molecular flexibility index (Phi) is 7.47. The molecule has 3 amide bonds. The van der Waals surface area contributed by atoms with E-state index in [-0.39, 0.29) is 30.2 Å². The molecule has 0 unspecified atom stereocenters. The van der Waals surface area contributed by atoms with Crippen LogP contribution in [0, 0.1) is 11.7 Å². The lowest BCUT2D eigenvalue weighted by Gasteiger charge is -2.25. The number of benzene rings is 2. The Labute approximate surface area is 175 Å². The van der Waals surface area contributed by atoms with Crippen LogP contribution in [0.5, 0.6) is 0 Å². The molecule has 0 saturated heterocycles. The van der Waals surface area contributed by atoms with Crippen LogP contribution in [0.2, 0.25) is 5.02 Å². The van der Waals surface area contributed by atoms with Crippen LogP contribution in [0.3, 0.4) is 0 Å². The fraction of sp³-hybridized carbons (Fsp3) is 0.364. The maximum atomic E-state index is 13.3. The third-order valence-electron chi connectivity index (χ3n) is 5.07. The minimum Gasteiger partial charge on any atom is -0.354 e. The average molecular weight is 418 g/mol. The molecule has 0 aliphatic heterocycles. The molecule has 1 aliphatic carbocycles. The summed E-state index contributed by atoms with van der Waals surface area (Å²) >= 11 is 5.98. The minimum atomic E-state index is -0.384. The number of anilines is 2. The maximum Gasteiger partial charge on any atom is 0.326 e. The predicted molar refractivity (Wildman–Crippen MR) is 114 cm³/mol. The Morgan fingerprint density at radius 3 is 2.48 bits per heavy atom. The molecule has 1 fully saturated rings. The van der Waals surface area contributed by atoms with Gasteiger partial charge in [-0.2, -0.15) is 0 Å². The van der Waals surface area contributed by atoms with Crippen LogP contribution in [0.4, 0.5) is 20.6 Å². The fourth-order valence-electron chi connectivity index (χ4n) is 3.53. The smallest absolute Gasteiger partial charge is 0.326 e. The van der Waals surface area contributed by atoms with Crippen LogP contribution < -0.4 is 15.5 Å². The highest BCUT2D eigenvalue weighted by Gasteiger charge is 2.22. The molecule has 2 N–H and O–H groups in total. The summed E-state index contributed by atoms with van der Waals surface area (Å²) in [4.78, 5) is 26.7. The number of carbonyl (C=O) groups excluding carboxylic acids is 2. The van der Waals surface area contributed by atoms with E-state index in [0.29, 0.717) is 22.9 Å². The molecule has 1 aliphatic rings. The van der Waals surface area contributed by atoms with E-state index in [1.54, 1.807) is 24.3 Å². The molecule has 3 rings (SSSR count). The topological polar surface area (TPSA) is 61.4 Å². The van der Waals surface area contributed by atoms with E-state index in [2.05, 4.69) is 10.6 Å². The van der Waals surface area contributed by atoms with Crippen LogP contribution >= 0.6 is 11.6 Å². The van der Waals surface area contributed by atoms with Gasteiger partial charge in [0.2, 0.25) is 5.91 Å². The fourth-order valence-corrected chi connectivity index (χ4v) is 3.72. The molecule has 2 aromatic carbocycles. The van der Waals surface area contributed by atoms with E-state index in [0.717, 1.165) is 25.7 Å². The zero-order valence-electron chi connectivity index (χ0n) is 16.2. The Hall–Kier alpha value is -2.60. The highest BCUT2D eigenvalue weighted by atomic mass is 35.5. The zero-order chi connectivity index (χ0) is 20.6. The molecule has 2 aromatic rings. The second-order valence-corrected chi connectivity index (χ2v) is 7.63. The van der Waals surface area contributed by atoms with Crippen molar-refractivity contribution in [1.82, 2.24) is 5.32 Å². The van der Waals surface area contributed by atoms with Crippen molar-refractivity contribution >= 4 is 34.9 Å². The van der Waals surface area contributed by atoms with Crippen LogP contribution in [0.25, 0.3) is 0 Å². The van der Waals surface area contributed by atoms with Gasteiger partial charge in [-0.1, -0.05) is 36.9 Å². The number of carbonyl (C=O) groups is 2. The van der Waals surface area contributed by atoms with Crippen molar-refractivity contribution in [3.8, 4) is 0 Å². The lowest BCUT2D eigenvalue weighted by Crippen LogP contribution is -2.42. The van der Waals surface area contributed by atoms with Crippen molar-refractivity contribution < 1.29 is 14.0 Å². The van der Waals surface area contributed by atoms with Crippen LogP contribution in [0.15, 0.2) is 48.5 Å². The van der Waals surface area contributed by atoms with Gasteiger partial charge in [0, 0.05) is 35.4 Å². The summed E-state index contributed by atoms with van der Waals surface area (Å²) in [6.07, 6.45) is 5.20. The molecule has 5 nitrogen and oxygen atoms in total. The molecule has 154 valence electrons. The number of nitrogens with zero attached hydrogens (tertiary/aromatic N) is 1. The number of hydrogen-bond donors (Lipinski definition) is 2. The van der Waals surface area contributed by atoms with Crippen LogP contribution in [0.1, 0.15) is 32.1 Å². The van der Waals surface area contributed by atoms with Gasteiger partial charge in [-0.3, -0.25) is 9.69 Å². The summed E-state index contributed by atoms with van der Waals surface area (Å²) in [5, 5.41) is 6.24. The van der Waals surface area contributed by atoms with E-state index in [1.165, 1.54) is 35.6 Å². The lowest BCUT2D eigenvalue weighted by atomic mass is 9.89. The molecule has 7 heteroatoms. The molecule has 29 heavy (non-hydrogen) atoms. The largest absolute Gasteiger partial charge is 0.354 e. The van der Waals surface area contributed by atoms with E-state index in [4.69, 9.17) is 11.6 Å². The van der Waals surface area contributed by atoms with Crippen molar-refractivity contribution in [1.29, 1.82) is 0 Å². The Morgan fingerprint density at radius 2 is 1.79 bits per heavy atom. The SMILES string of the molecule is O=C(NCCN(C(=O)Nc1cccc(Cl)c1)c1ccc(F)cc1)C1CCCCC1. The van der Waals surface area contributed by atoms with E-state index < -0.39 is 0 Å². The number of urea groups is 1. The summed E-state index contributed by atoms with van der Waals surface area (Å²) in [5.74, 6) is -0.281. The third kappa shape index (κ3) is 6.19. The summed E-state index contributed by atoms with van der Waals surface area (Å²) in [7, 11) is 0.